The third kappa shape index (κ3) is 1.29. The number of ether oxygens (including phenoxy) is 1. The molecule has 0 amide bonds. The van der Waals surface area contributed by atoms with Gasteiger partial charge in [0.05, 0.1) is 12.3 Å². The molecule has 2 heterocycles. The van der Waals surface area contributed by atoms with E-state index >= 15 is 0 Å². The summed E-state index contributed by atoms with van der Waals surface area (Å²) in [6.45, 7) is 5.17. The molecule has 0 radical (unpaired) electrons. The third-order valence-corrected chi connectivity index (χ3v) is 3.17. The summed E-state index contributed by atoms with van der Waals surface area (Å²) >= 11 is 0. The van der Waals surface area contributed by atoms with E-state index in [0.29, 0.717) is 5.92 Å². The Morgan fingerprint density at radius 2 is 2.06 bits per heavy atom. The number of fused-ring (bicyclic) bond motifs is 3. The summed E-state index contributed by atoms with van der Waals surface area (Å²) < 4.78 is 5.72. The molecular weight excluding hydrogens is 198 g/mol. The van der Waals surface area contributed by atoms with Crippen LogP contribution in [-0.2, 0) is 6.42 Å². The zero-order chi connectivity index (χ0) is 11.1. The Hall–Kier alpha value is -1.57. The molecule has 0 N–H and O–H groups in total. The minimum Gasteiger partial charge on any atom is -0.492 e. The highest BCUT2D eigenvalue weighted by Gasteiger charge is 2.17. The molecule has 0 saturated heterocycles. The fraction of sp³-hybridized carbons (Fsp3) is 0.357. The lowest BCUT2D eigenvalue weighted by Crippen LogP contribution is -1.94. The first-order chi connectivity index (χ1) is 7.77. The molecule has 0 aliphatic carbocycles. The maximum absolute atomic E-state index is 5.72. The number of pyridine rings is 1. The maximum atomic E-state index is 5.72. The minimum absolute atomic E-state index is 0.447. The fourth-order valence-electron chi connectivity index (χ4n) is 2.39. The Bertz CT molecular complexity index is 546. The molecule has 1 aliphatic rings. The zero-order valence-electron chi connectivity index (χ0n) is 9.66. The highest BCUT2D eigenvalue weighted by Crippen LogP contribution is 2.36. The molecule has 2 heteroatoms. The second kappa shape index (κ2) is 3.48. The van der Waals surface area contributed by atoms with E-state index in [1.54, 1.807) is 0 Å². The summed E-state index contributed by atoms with van der Waals surface area (Å²) in [7, 11) is 0. The molecule has 16 heavy (non-hydrogen) atoms. The van der Waals surface area contributed by atoms with Gasteiger partial charge in [-0.2, -0.15) is 0 Å². The van der Waals surface area contributed by atoms with Crippen molar-refractivity contribution in [2.45, 2.75) is 26.2 Å². The van der Waals surface area contributed by atoms with Crippen molar-refractivity contribution in [3.05, 3.63) is 35.7 Å². The Balaban J connectivity index is 2.35. The standard InChI is InChI=1S/C14H15NO/c1-9(2)13-11-4-3-10-6-8-16-14(10)12(11)5-7-15-13/h3-5,7,9H,6,8H2,1-2H3. The Morgan fingerprint density at radius 3 is 2.88 bits per heavy atom. The second-order valence-corrected chi connectivity index (χ2v) is 4.60. The predicted octanol–water partition coefficient (Wildman–Crippen LogP) is 3.29. The number of nitrogens with zero attached hydrogens (tertiary/aromatic N) is 1. The van der Waals surface area contributed by atoms with Crippen molar-refractivity contribution >= 4 is 10.8 Å². The van der Waals surface area contributed by atoms with E-state index in [-0.39, 0.29) is 0 Å². The molecule has 2 aromatic rings. The summed E-state index contributed by atoms with van der Waals surface area (Å²) in [4.78, 5) is 4.48. The highest BCUT2D eigenvalue weighted by molar-refractivity contribution is 5.91. The first-order valence-corrected chi connectivity index (χ1v) is 5.80. The third-order valence-electron chi connectivity index (χ3n) is 3.17. The molecule has 0 atom stereocenters. The van der Waals surface area contributed by atoms with Crippen LogP contribution in [0.5, 0.6) is 5.75 Å². The molecule has 0 fully saturated rings. The lowest BCUT2D eigenvalue weighted by Gasteiger charge is -2.10. The van der Waals surface area contributed by atoms with E-state index in [4.69, 9.17) is 4.74 Å². The Morgan fingerprint density at radius 1 is 1.19 bits per heavy atom. The molecule has 2 nitrogen and oxygen atoms in total. The van der Waals surface area contributed by atoms with Crippen LogP contribution in [0, 0.1) is 0 Å². The van der Waals surface area contributed by atoms with Gasteiger partial charge in [0.1, 0.15) is 5.75 Å². The van der Waals surface area contributed by atoms with E-state index in [1.165, 1.54) is 16.3 Å². The molecular formula is C14H15NO. The van der Waals surface area contributed by atoms with Gasteiger partial charge in [0.15, 0.2) is 0 Å². The molecule has 0 unspecified atom stereocenters. The van der Waals surface area contributed by atoms with Crippen molar-refractivity contribution in [2.24, 2.45) is 0 Å². The molecule has 82 valence electrons. The SMILES string of the molecule is CC(C)c1nccc2c3c(ccc12)CCO3. The highest BCUT2D eigenvalue weighted by atomic mass is 16.5. The Labute approximate surface area is 95.3 Å². The van der Waals surface area contributed by atoms with Crippen LogP contribution in [-0.4, -0.2) is 11.6 Å². The molecule has 1 aromatic carbocycles. The molecule has 3 rings (SSSR count). The average molecular weight is 213 g/mol. The van der Waals surface area contributed by atoms with Gasteiger partial charge >= 0.3 is 0 Å². The summed E-state index contributed by atoms with van der Waals surface area (Å²) in [6, 6.07) is 6.43. The van der Waals surface area contributed by atoms with Crippen LogP contribution >= 0.6 is 0 Å². The molecule has 0 bridgehead atoms. The van der Waals surface area contributed by atoms with E-state index < -0.39 is 0 Å². The fourth-order valence-corrected chi connectivity index (χ4v) is 2.39. The van der Waals surface area contributed by atoms with Gasteiger partial charge in [0, 0.05) is 23.4 Å². The van der Waals surface area contributed by atoms with Crippen LogP contribution in [0.2, 0.25) is 0 Å². The van der Waals surface area contributed by atoms with E-state index in [0.717, 1.165) is 24.5 Å². The molecule has 0 saturated carbocycles. The van der Waals surface area contributed by atoms with Crippen molar-refractivity contribution in [1.29, 1.82) is 0 Å². The quantitative estimate of drug-likeness (QED) is 0.725. The van der Waals surface area contributed by atoms with Gasteiger partial charge in [0.2, 0.25) is 0 Å². The summed E-state index contributed by atoms with van der Waals surface area (Å²) in [5.41, 5.74) is 2.49. The lowest BCUT2D eigenvalue weighted by atomic mass is 9.99. The minimum atomic E-state index is 0.447. The van der Waals surface area contributed by atoms with Crippen LogP contribution in [0.3, 0.4) is 0 Å². The number of aromatic nitrogens is 1. The molecule has 0 spiro atoms. The molecule has 1 aromatic heterocycles. The summed E-state index contributed by atoms with van der Waals surface area (Å²) in [6.07, 6.45) is 2.92. The average Bonchev–Trinajstić information content (AvgIpc) is 2.76. The first kappa shape index (κ1) is 9.64. The van der Waals surface area contributed by atoms with E-state index in [9.17, 15) is 0 Å². The van der Waals surface area contributed by atoms with Crippen LogP contribution < -0.4 is 4.74 Å². The zero-order valence-corrected chi connectivity index (χ0v) is 9.66. The number of rotatable bonds is 1. The maximum Gasteiger partial charge on any atom is 0.130 e. The molecule has 1 aliphatic heterocycles. The predicted molar refractivity (Wildman–Crippen MR) is 65.0 cm³/mol. The van der Waals surface area contributed by atoms with Crippen LogP contribution in [0.25, 0.3) is 10.8 Å². The van der Waals surface area contributed by atoms with Gasteiger partial charge in [-0.1, -0.05) is 26.0 Å². The van der Waals surface area contributed by atoms with Gasteiger partial charge in [0.25, 0.3) is 0 Å². The largest absolute Gasteiger partial charge is 0.492 e. The first-order valence-electron chi connectivity index (χ1n) is 5.80. The number of hydrogen-bond acceptors (Lipinski definition) is 2. The second-order valence-electron chi connectivity index (χ2n) is 4.60. The van der Waals surface area contributed by atoms with E-state index in [2.05, 4.69) is 37.0 Å². The van der Waals surface area contributed by atoms with Crippen molar-refractivity contribution in [2.75, 3.05) is 6.61 Å². The van der Waals surface area contributed by atoms with Crippen molar-refractivity contribution in [3.63, 3.8) is 0 Å². The van der Waals surface area contributed by atoms with Gasteiger partial charge in [-0.05, 0) is 17.5 Å². The smallest absolute Gasteiger partial charge is 0.130 e. The number of hydrogen-bond donors (Lipinski definition) is 0. The topological polar surface area (TPSA) is 22.1 Å². The summed E-state index contributed by atoms with van der Waals surface area (Å²) in [5, 5.41) is 2.45. The normalized spacial score (nSPS) is 14.2. The number of benzene rings is 1. The lowest BCUT2D eigenvalue weighted by molar-refractivity contribution is 0.360. The van der Waals surface area contributed by atoms with Gasteiger partial charge in [-0.25, -0.2) is 0 Å². The van der Waals surface area contributed by atoms with Crippen molar-refractivity contribution in [1.82, 2.24) is 4.98 Å². The van der Waals surface area contributed by atoms with Crippen molar-refractivity contribution < 1.29 is 4.74 Å². The van der Waals surface area contributed by atoms with Gasteiger partial charge in [-0.3, -0.25) is 4.98 Å². The van der Waals surface area contributed by atoms with E-state index in [1.807, 2.05) is 6.20 Å². The van der Waals surface area contributed by atoms with Gasteiger partial charge in [-0.15, -0.1) is 0 Å². The summed E-state index contributed by atoms with van der Waals surface area (Å²) in [5.74, 6) is 1.52. The van der Waals surface area contributed by atoms with Gasteiger partial charge < -0.3 is 4.74 Å². The van der Waals surface area contributed by atoms with Crippen molar-refractivity contribution in [3.8, 4) is 5.75 Å². The van der Waals surface area contributed by atoms with Crippen LogP contribution in [0.1, 0.15) is 31.0 Å². The monoisotopic (exact) mass is 213 g/mol. The van der Waals surface area contributed by atoms with Crippen LogP contribution in [0.15, 0.2) is 24.4 Å². The Kier molecular flexibility index (Phi) is 2.10. The van der Waals surface area contributed by atoms with Crippen LogP contribution in [0.4, 0.5) is 0 Å².